The molecule has 0 saturated carbocycles. The lowest BCUT2D eigenvalue weighted by Gasteiger charge is -2.20. The van der Waals surface area contributed by atoms with Crippen molar-refractivity contribution in [3.05, 3.63) is 70.4 Å². The van der Waals surface area contributed by atoms with Gasteiger partial charge in [0.25, 0.3) is 5.69 Å². The standard InChI is InChI=1S/C23H25N3O5S/c27-23(24-13-5-1-2-6-14-24)16-25-15-22(20-7-3-4-8-21(20)25)32(30,31)17-18-9-11-19(12-10-18)26(28)29/h3-4,7-12,15H,1-2,5-6,13-14,16-17H2. The predicted octanol–water partition coefficient (Wildman–Crippen LogP) is 3.93. The number of nitrogens with zero attached hydrogens (tertiary/aromatic N) is 3. The molecule has 0 atom stereocenters. The highest BCUT2D eigenvalue weighted by Gasteiger charge is 2.24. The van der Waals surface area contributed by atoms with Crippen molar-refractivity contribution >= 4 is 32.3 Å². The summed E-state index contributed by atoms with van der Waals surface area (Å²) in [7, 11) is -3.73. The van der Waals surface area contributed by atoms with Gasteiger partial charge in [0.1, 0.15) is 6.54 Å². The molecule has 8 nitrogen and oxygen atoms in total. The highest BCUT2D eigenvalue weighted by atomic mass is 32.2. The first-order valence-electron chi connectivity index (χ1n) is 10.7. The number of hydrogen-bond donors (Lipinski definition) is 0. The van der Waals surface area contributed by atoms with Crippen LogP contribution in [0, 0.1) is 10.1 Å². The first-order valence-corrected chi connectivity index (χ1v) is 12.3. The zero-order chi connectivity index (χ0) is 22.7. The number of carbonyl (C=O) groups excluding carboxylic acids is 1. The molecule has 0 radical (unpaired) electrons. The van der Waals surface area contributed by atoms with E-state index in [1.165, 1.54) is 24.3 Å². The van der Waals surface area contributed by atoms with Gasteiger partial charge >= 0.3 is 0 Å². The second kappa shape index (κ2) is 9.12. The number of fused-ring (bicyclic) bond motifs is 1. The van der Waals surface area contributed by atoms with Crippen molar-refractivity contribution in [2.45, 2.75) is 42.9 Å². The summed E-state index contributed by atoms with van der Waals surface area (Å²) in [6.07, 6.45) is 5.78. The number of hydrogen-bond acceptors (Lipinski definition) is 5. The number of benzene rings is 2. The zero-order valence-electron chi connectivity index (χ0n) is 17.6. The average molecular weight is 456 g/mol. The number of sulfone groups is 1. The Morgan fingerprint density at radius 2 is 1.62 bits per heavy atom. The van der Waals surface area contributed by atoms with Crippen LogP contribution in [0.5, 0.6) is 0 Å². The highest BCUT2D eigenvalue weighted by Crippen LogP contribution is 2.28. The molecule has 0 N–H and O–H groups in total. The molecule has 1 saturated heterocycles. The molecular formula is C23H25N3O5S. The van der Waals surface area contributed by atoms with Crippen LogP contribution in [0.3, 0.4) is 0 Å². The fourth-order valence-corrected chi connectivity index (χ4v) is 5.75. The van der Waals surface area contributed by atoms with Gasteiger partial charge in [0, 0.05) is 42.3 Å². The molecule has 0 bridgehead atoms. The van der Waals surface area contributed by atoms with Crippen molar-refractivity contribution in [2.75, 3.05) is 13.1 Å². The van der Waals surface area contributed by atoms with Gasteiger partial charge in [0.15, 0.2) is 9.84 Å². The number of non-ortho nitro benzene ring substituents is 1. The van der Waals surface area contributed by atoms with Crippen LogP contribution in [0.2, 0.25) is 0 Å². The van der Waals surface area contributed by atoms with Crippen LogP contribution in [-0.4, -0.2) is 41.8 Å². The minimum absolute atomic E-state index is 0.00744. The topological polar surface area (TPSA) is 103 Å². The Balaban J connectivity index is 1.62. The fraction of sp³-hybridized carbons (Fsp3) is 0.348. The molecule has 32 heavy (non-hydrogen) atoms. The van der Waals surface area contributed by atoms with Gasteiger partial charge in [-0.25, -0.2) is 8.42 Å². The minimum atomic E-state index is -3.73. The third-order valence-corrected chi connectivity index (χ3v) is 7.56. The molecule has 1 aliphatic rings. The number of rotatable bonds is 6. The van der Waals surface area contributed by atoms with E-state index in [2.05, 4.69) is 0 Å². The summed E-state index contributed by atoms with van der Waals surface area (Å²) in [5.41, 5.74) is 1.07. The summed E-state index contributed by atoms with van der Waals surface area (Å²) in [6.45, 7) is 1.57. The fourth-order valence-electron chi connectivity index (χ4n) is 4.17. The predicted molar refractivity (Wildman–Crippen MR) is 121 cm³/mol. The molecule has 2 aromatic carbocycles. The van der Waals surface area contributed by atoms with Crippen LogP contribution >= 0.6 is 0 Å². The number of likely N-dealkylation sites (tertiary alicyclic amines) is 1. The number of carbonyl (C=O) groups is 1. The zero-order valence-corrected chi connectivity index (χ0v) is 18.5. The molecule has 9 heteroatoms. The van der Waals surface area contributed by atoms with Crippen LogP contribution in [0.4, 0.5) is 5.69 Å². The smallest absolute Gasteiger partial charge is 0.269 e. The van der Waals surface area contributed by atoms with Gasteiger partial charge in [0.2, 0.25) is 5.91 Å². The Hall–Kier alpha value is -3.20. The molecule has 0 spiro atoms. The molecule has 1 fully saturated rings. The largest absolute Gasteiger partial charge is 0.341 e. The van der Waals surface area contributed by atoms with Gasteiger partial charge < -0.3 is 9.47 Å². The summed E-state index contributed by atoms with van der Waals surface area (Å²) in [5, 5.41) is 11.4. The monoisotopic (exact) mass is 455 g/mol. The van der Waals surface area contributed by atoms with E-state index in [1.54, 1.807) is 22.9 Å². The SMILES string of the molecule is O=C(Cn1cc(S(=O)(=O)Cc2ccc([N+](=O)[O-])cc2)c2ccccc21)N1CCCCCC1. The van der Waals surface area contributed by atoms with E-state index in [1.807, 2.05) is 17.0 Å². The third kappa shape index (κ3) is 4.67. The number of aromatic nitrogens is 1. The molecular weight excluding hydrogens is 430 g/mol. The van der Waals surface area contributed by atoms with Gasteiger partial charge in [-0.15, -0.1) is 0 Å². The van der Waals surface area contributed by atoms with Gasteiger partial charge in [0.05, 0.1) is 15.6 Å². The number of para-hydroxylation sites is 1. The van der Waals surface area contributed by atoms with Gasteiger partial charge in [-0.05, 0) is 24.5 Å². The van der Waals surface area contributed by atoms with E-state index in [9.17, 15) is 23.3 Å². The van der Waals surface area contributed by atoms with E-state index < -0.39 is 14.8 Å². The van der Waals surface area contributed by atoms with Crippen LogP contribution in [-0.2, 0) is 26.9 Å². The van der Waals surface area contributed by atoms with Crippen molar-refractivity contribution in [1.29, 1.82) is 0 Å². The molecule has 2 heterocycles. The maximum absolute atomic E-state index is 13.2. The first kappa shape index (κ1) is 22.0. The Bertz CT molecular complexity index is 1240. The Morgan fingerprint density at radius 3 is 2.28 bits per heavy atom. The first-order chi connectivity index (χ1) is 15.3. The lowest BCUT2D eigenvalue weighted by Crippen LogP contribution is -2.34. The quantitative estimate of drug-likeness (QED) is 0.414. The summed E-state index contributed by atoms with van der Waals surface area (Å²) >= 11 is 0. The summed E-state index contributed by atoms with van der Waals surface area (Å²) in [4.78, 5) is 25.3. The van der Waals surface area contributed by atoms with Crippen LogP contribution in [0.1, 0.15) is 31.2 Å². The number of nitro groups is 1. The molecule has 168 valence electrons. The molecule has 1 aliphatic heterocycles. The van der Waals surface area contributed by atoms with Crippen molar-refractivity contribution in [2.24, 2.45) is 0 Å². The van der Waals surface area contributed by atoms with E-state index in [4.69, 9.17) is 0 Å². The second-order valence-electron chi connectivity index (χ2n) is 8.12. The average Bonchev–Trinajstić information content (AvgIpc) is 2.94. The van der Waals surface area contributed by atoms with E-state index in [0.717, 1.165) is 38.8 Å². The van der Waals surface area contributed by atoms with E-state index in [0.29, 0.717) is 16.5 Å². The Labute approximate surface area is 186 Å². The van der Waals surface area contributed by atoms with Crippen molar-refractivity contribution in [3.8, 4) is 0 Å². The minimum Gasteiger partial charge on any atom is -0.341 e. The molecule has 4 rings (SSSR count). The summed E-state index contributed by atoms with van der Waals surface area (Å²) < 4.78 is 28.2. The van der Waals surface area contributed by atoms with E-state index >= 15 is 0 Å². The maximum atomic E-state index is 13.2. The van der Waals surface area contributed by atoms with E-state index in [-0.39, 0.29) is 28.8 Å². The van der Waals surface area contributed by atoms with Crippen LogP contribution in [0.25, 0.3) is 10.9 Å². The maximum Gasteiger partial charge on any atom is 0.269 e. The van der Waals surface area contributed by atoms with Crippen LogP contribution in [0.15, 0.2) is 59.6 Å². The number of amides is 1. The van der Waals surface area contributed by atoms with Gasteiger partial charge in [-0.2, -0.15) is 0 Å². The number of nitro benzene ring substituents is 1. The van der Waals surface area contributed by atoms with Crippen molar-refractivity contribution in [3.63, 3.8) is 0 Å². The third-order valence-electron chi connectivity index (χ3n) is 5.86. The summed E-state index contributed by atoms with van der Waals surface area (Å²) in [6, 6.07) is 12.7. The Morgan fingerprint density at radius 1 is 0.969 bits per heavy atom. The molecule has 1 aromatic heterocycles. The van der Waals surface area contributed by atoms with Gasteiger partial charge in [-0.3, -0.25) is 14.9 Å². The van der Waals surface area contributed by atoms with Gasteiger partial charge in [-0.1, -0.05) is 43.2 Å². The highest BCUT2D eigenvalue weighted by molar-refractivity contribution is 7.90. The molecule has 1 amide bonds. The summed E-state index contributed by atoms with van der Waals surface area (Å²) in [5.74, 6) is -0.286. The van der Waals surface area contributed by atoms with Crippen LogP contribution < -0.4 is 0 Å². The molecule has 3 aromatic rings. The Kier molecular flexibility index (Phi) is 6.27. The van der Waals surface area contributed by atoms with Crippen molar-refractivity contribution < 1.29 is 18.1 Å². The van der Waals surface area contributed by atoms with Crippen molar-refractivity contribution in [1.82, 2.24) is 9.47 Å². The lowest BCUT2D eigenvalue weighted by atomic mass is 10.2. The molecule has 0 aliphatic carbocycles. The molecule has 0 unspecified atom stereocenters. The lowest BCUT2D eigenvalue weighted by molar-refractivity contribution is -0.384. The second-order valence-corrected chi connectivity index (χ2v) is 10.1. The normalized spacial score (nSPS) is 14.9.